The van der Waals surface area contributed by atoms with Gasteiger partial charge in [0.2, 0.25) is 5.82 Å². The van der Waals surface area contributed by atoms with Crippen molar-refractivity contribution in [2.24, 2.45) is 0 Å². The second-order valence-electron chi connectivity index (χ2n) is 4.14. The van der Waals surface area contributed by atoms with E-state index in [1.807, 2.05) is 6.92 Å². The Morgan fingerprint density at radius 2 is 2.05 bits per heavy atom. The molecule has 106 valence electrons. The van der Waals surface area contributed by atoms with Gasteiger partial charge in [-0.1, -0.05) is 22.9 Å². The summed E-state index contributed by atoms with van der Waals surface area (Å²) < 4.78 is 32.6. The van der Waals surface area contributed by atoms with Crippen LogP contribution in [0.1, 0.15) is 13.3 Å². The van der Waals surface area contributed by atoms with Crippen LogP contribution in [0.5, 0.6) is 11.5 Å². The van der Waals surface area contributed by atoms with Crippen LogP contribution in [0.4, 0.5) is 14.5 Å². The first kappa shape index (κ1) is 14.7. The van der Waals surface area contributed by atoms with E-state index in [0.717, 1.165) is 24.7 Å². The molecule has 1 aromatic carbocycles. The van der Waals surface area contributed by atoms with E-state index >= 15 is 0 Å². The molecule has 1 heterocycles. The molecule has 1 N–H and O–H groups in total. The van der Waals surface area contributed by atoms with Crippen molar-refractivity contribution in [2.75, 3.05) is 11.9 Å². The Bertz CT molecular complexity index is 608. The fourth-order valence-corrected chi connectivity index (χ4v) is 1.98. The highest BCUT2D eigenvalue weighted by Gasteiger charge is 2.12. The first-order valence-electron chi connectivity index (χ1n) is 6.11. The van der Waals surface area contributed by atoms with Crippen LogP contribution in [0, 0.1) is 11.6 Å². The average Bonchev–Trinajstić information content (AvgIpc) is 2.42. The van der Waals surface area contributed by atoms with Crippen molar-refractivity contribution in [1.82, 2.24) is 4.98 Å². The largest absolute Gasteiger partial charge is 0.452 e. The fourth-order valence-electron chi connectivity index (χ4n) is 1.57. The van der Waals surface area contributed by atoms with Gasteiger partial charge in [0.1, 0.15) is 5.75 Å². The SMILES string of the molecule is CCCNc1cncc(Oc2cc(Br)cc(F)c2F)c1. The van der Waals surface area contributed by atoms with Gasteiger partial charge in [-0.3, -0.25) is 4.98 Å². The van der Waals surface area contributed by atoms with Gasteiger partial charge in [0.05, 0.1) is 18.1 Å². The molecule has 0 aliphatic carbocycles. The highest BCUT2D eigenvalue weighted by atomic mass is 79.9. The number of rotatable bonds is 5. The summed E-state index contributed by atoms with van der Waals surface area (Å²) >= 11 is 3.09. The van der Waals surface area contributed by atoms with Gasteiger partial charge in [0.15, 0.2) is 11.6 Å². The Morgan fingerprint density at radius 3 is 2.80 bits per heavy atom. The number of halogens is 3. The van der Waals surface area contributed by atoms with Gasteiger partial charge in [0, 0.05) is 17.1 Å². The number of anilines is 1. The zero-order chi connectivity index (χ0) is 14.5. The number of aromatic nitrogens is 1. The summed E-state index contributed by atoms with van der Waals surface area (Å²) in [7, 11) is 0. The summed E-state index contributed by atoms with van der Waals surface area (Å²) in [5, 5.41) is 3.14. The van der Waals surface area contributed by atoms with Gasteiger partial charge in [0.25, 0.3) is 0 Å². The molecule has 0 atom stereocenters. The van der Waals surface area contributed by atoms with E-state index in [2.05, 4.69) is 26.2 Å². The molecule has 0 spiro atoms. The Balaban J connectivity index is 2.21. The van der Waals surface area contributed by atoms with Gasteiger partial charge in [-0.15, -0.1) is 0 Å². The predicted octanol–water partition coefficient (Wildman–Crippen LogP) is 4.74. The minimum Gasteiger partial charge on any atom is -0.452 e. The molecule has 0 saturated heterocycles. The van der Waals surface area contributed by atoms with Crippen LogP contribution < -0.4 is 10.1 Å². The molecule has 0 amide bonds. The zero-order valence-corrected chi connectivity index (χ0v) is 12.4. The first-order valence-corrected chi connectivity index (χ1v) is 6.90. The maximum atomic E-state index is 13.6. The normalized spacial score (nSPS) is 10.4. The third-order valence-corrected chi connectivity index (χ3v) is 2.94. The van der Waals surface area contributed by atoms with E-state index < -0.39 is 11.6 Å². The highest BCUT2D eigenvalue weighted by molar-refractivity contribution is 9.10. The summed E-state index contributed by atoms with van der Waals surface area (Å²) in [5.74, 6) is -1.85. The molecular formula is C14H13BrF2N2O. The molecule has 0 bridgehead atoms. The Hall–Kier alpha value is -1.69. The van der Waals surface area contributed by atoms with Crippen molar-refractivity contribution in [1.29, 1.82) is 0 Å². The minimum atomic E-state index is -1.03. The number of hydrogen-bond donors (Lipinski definition) is 1. The molecule has 0 saturated carbocycles. The van der Waals surface area contributed by atoms with Gasteiger partial charge in [-0.25, -0.2) is 4.39 Å². The number of benzene rings is 1. The maximum Gasteiger partial charge on any atom is 0.201 e. The standard InChI is InChI=1S/C14H13BrF2N2O/c1-2-3-19-10-6-11(8-18-7-10)20-13-5-9(15)4-12(16)14(13)17/h4-8,19H,2-3H2,1H3. The molecule has 2 aromatic rings. The summed E-state index contributed by atoms with van der Waals surface area (Å²) in [6, 6.07) is 4.09. The topological polar surface area (TPSA) is 34.2 Å². The predicted molar refractivity (Wildman–Crippen MR) is 77.1 cm³/mol. The third-order valence-electron chi connectivity index (χ3n) is 2.48. The van der Waals surface area contributed by atoms with Gasteiger partial charge >= 0.3 is 0 Å². The summed E-state index contributed by atoms with van der Waals surface area (Å²) in [4.78, 5) is 3.99. The van der Waals surface area contributed by atoms with Crippen LogP contribution in [0.2, 0.25) is 0 Å². The van der Waals surface area contributed by atoms with Crippen molar-refractivity contribution in [3.8, 4) is 11.5 Å². The lowest BCUT2D eigenvalue weighted by Gasteiger charge is -2.09. The summed E-state index contributed by atoms with van der Waals surface area (Å²) in [6.45, 7) is 2.84. The van der Waals surface area contributed by atoms with E-state index in [-0.39, 0.29) is 5.75 Å². The van der Waals surface area contributed by atoms with Crippen LogP contribution in [0.3, 0.4) is 0 Å². The van der Waals surface area contributed by atoms with Crippen molar-refractivity contribution >= 4 is 21.6 Å². The van der Waals surface area contributed by atoms with Gasteiger partial charge < -0.3 is 10.1 Å². The Kier molecular flexibility index (Phi) is 4.89. The Morgan fingerprint density at radius 1 is 1.25 bits per heavy atom. The number of nitrogens with one attached hydrogen (secondary N) is 1. The Labute approximate surface area is 124 Å². The molecule has 0 aliphatic heterocycles. The lowest BCUT2D eigenvalue weighted by molar-refractivity contribution is 0.414. The summed E-state index contributed by atoms with van der Waals surface area (Å²) in [6.07, 6.45) is 4.05. The quantitative estimate of drug-likeness (QED) is 0.797. The number of pyridine rings is 1. The molecule has 0 fully saturated rings. The molecular weight excluding hydrogens is 330 g/mol. The van der Waals surface area contributed by atoms with E-state index in [1.54, 1.807) is 12.3 Å². The molecule has 20 heavy (non-hydrogen) atoms. The van der Waals surface area contributed by atoms with Crippen LogP contribution in [-0.4, -0.2) is 11.5 Å². The lowest BCUT2D eigenvalue weighted by atomic mass is 10.3. The second-order valence-corrected chi connectivity index (χ2v) is 5.05. The second kappa shape index (κ2) is 6.65. The van der Waals surface area contributed by atoms with Gasteiger partial charge in [-0.05, 0) is 18.6 Å². The molecule has 2 rings (SSSR count). The lowest BCUT2D eigenvalue weighted by Crippen LogP contribution is -2.00. The monoisotopic (exact) mass is 342 g/mol. The molecule has 6 heteroatoms. The molecule has 0 unspecified atom stereocenters. The molecule has 1 aromatic heterocycles. The van der Waals surface area contributed by atoms with Crippen LogP contribution in [-0.2, 0) is 0 Å². The molecule has 0 aliphatic rings. The van der Waals surface area contributed by atoms with Crippen molar-refractivity contribution in [3.05, 3.63) is 46.7 Å². The summed E-state index contributed by atoms with van der Waals surface area (Å²) in [5.41, 5.74) is 0.764. The zero-order valence-electron chi connectivity index (χ0n) is 10.8. The highest BCUT2D eigenvalue weighted by Crippen LogP contribution is 2.30. The van der Waals surface area contributed by atoms with E-state index in [4.69, 9.17) is 4.74 Å². The van der Waals surface area contributed by atoms with Crippen LogP contribution >= 0.6 is 15.9 Å². The smallest absolute Gasteiger partial charge is 0.201 e. The van der Waals surface area contributed by atoms with Crippen LogP contribution in [0.25, 0.3) is 0 Å². The van der Waals surface area contributed by atoms with Crippen LogP contribution in [0.15, 0.2) is 35.1 Å². The number of hydrogen-bond acceptors (Lipinski definition) is 3. The third kappa shape index (κ3) is 3.66. The van der Waals surface area contributed by atoms with Gasteiger partial charge in [-0.2, -0.15) is 4.39 Å². The maximum absolute atomic E-state index is 13.6. The molecule has 3 nitrogen and oxygen atoms in total. The van der Waals surface area contributed by atoms with Crippen molar-refractivity contribution in [3.63, 3.8) is 0 Å². The van der Waals surface area contributed by atoms with E-state index in [1.165, 1.54) is 12.3 Å². The fraction of sp³-hybridized carbons (Fsp3) is 0.214. The van der Waals surface area contributed by atoms with Crippen molar-refractivity contribution in [2.45, 2.75) is 13.3 Å². The average molecular weight is 343 g/mol. The van der Waals surface area contributed by atoms with Crippen molar-refractivity contribution < 1.29 is 13.5 Å². The minimum absolute atomic E-state index is 0.189. The van der Waals surface area contributed by atoms with E-state index in [0.29, 0.717) is 10.2 Å². The number of nitrogens with zero attached hydrogens (tertiary/aromatic N) is 1. The molecule has 0 radical (unpaired) electrons. The first-order chi connectivity index (χ1) is 9.60. The van der Waals surface area contributed by atoms with E-state index in [9.17, 15) is 8.78 Å². The number of ether oxygens (including phenoxy) is 1.